The molecule has 0 radical (unpaired) electrons. The van der Waals surface area contributed by atoms with Crippen molar-refractivity contribution in [2.45, 2.75) is 13.2 Å². The minimum atomic E-state index is -0.568. The largest absolute Gasteiger partial charge is 0.458 e. The molecular weight excluding hydrogens is 404 g/mol. The van der Waals surface area contributed by atoms with Crippen molar-refractivity contribution < 1.29 is 13.9 Å². The molecule has 0 spiro atoms. The van der Waals surface area contributed by atoms with Crippen LogP contribution in [-0.2, 0) is 22.7 Å². The van der Waals surface area contributed by atoms with Gasteiger partial charge in [-0.1, -0.05) is 18.2 Å². The third kappa shape index (κ3) is 3.35. The average molecular weight is 418 g/mol. The monoisotopic (exact) mass is 418 g/mol. The highest BCUT2D eigenvalue weighted by atomic mass is 32.1. The van der Waals surface area contributed by atoms with Crippen LogP contribution in [-0.4, -0.2) is 25.5 Å². The maximum atomic E-state index is 12.7. The molecule has 1 aromatic carbocycles. The summed E-state index contributed by atoms with van der Waals surface area (Å²) in [5, 5.41) is 3.31. The average Bonchev–Trinajstić information content (AvgIpc) is 3.40. The van der Waals surface area contributed by atoms with Crippen LogP contribution in [0.3, 0.4) is 0 Å². The van der Waals surface area contributed by atoms with Gasteiger partial charge in [-0.05, 0) is 24.3 Å². The fraction of sp³-hybridized carbons (Fsp3) is 0.0952. The van der Waals surface area contributed by atoms with Gasteiger partial charge < -0.3 is 9.15 Å². The molecular formula is C21H14N4O4S. The van der Waals surface area contributed by atoms with Crippen molar-refractivity contribution in [2.24, 2.45) is 0 Å². The first-order valence-corrected chi connectivity index (χ1v) is 9.95. The van der Waals surface area contributed by atoms with Crippen molar-refractivity contribution in [3.8, 4) is 10.7 Å². The number of benzene rings is 1. The van der Waals surface area contributed by atoms with Crippen LogP contribution in [0.15, 0.2) is 69.6 Å². The summed E-state index contributed by atoms with van der Waals surface area (Å²) in [6, 6.07) is 12.8. The Morgan fingerprint density at radius 1 is 1.13 bits per heavy atom. The molecule has 0 saturated carbocycles. The lowest BCUT2D eigenvalue weighted by atomic mass is 10.2. The molecule has 4 heterocycles. The predicted molar refractivity (Wildman–Crippen MR) is 111 cm³/mol. The van der Waals surface area contributed by atoms with E-state index in [4.69, 9.17) is 9.15 Å². The van der Waals surface area contributed by atoms with Gasteiger partial charge in [-0.3, -0.25) is 19.1 Å². The van der Waals surface area contributed by atoms with E-state index in [9.17, 15) is 9.59 Å². The first-order valence-electron chi connectivity index (χ1n) is 9.07. The third-order valence-electron chi connectivity index (χ3n) is 4.47. The van der Waals surface area contributed by atoms with Gasteiger partial charge in [0.2, 0.25) is 5.58 Å². The number of furan rings is 1. The second kappa shape index (κ2) is 7.53. The number of hydrogen-bond donors (Lipinski definition) is 0. The van der Waals surface area contributed by atoms with Crippen molar-refractivity contribution in [3.63, 3.8) is 0 Å². The summed E-state index contributed by atoms with van der Waals surface area (Å²) in [6.07, 6.45) is 3.02. The highest BCUT2D eigenvalue weighted by Crippen LogP contribution is 2.24. The zero-order valence-corrected chi connectivity index (χ0v) is 16.3. The van der Waals surface area contributed by atoms with Crippen molar-refractivity contribution in [2.75, 3.05) is 0 Å². The number of para-hydroxylation sites is 1. The molecule has 0 saturated heterocycles. The van der Waals surface area contributed by atoms with Crippen molar-refractivity contribution in [1.82, 2.24) is 19.5 Å². The Kier molecular flexibility index (Phi) is 4.56. The van der Waals surface area contributed by atoms with E-state index in [0.29, 0.717) is 16.8 Å². The summed E-state index contributed by atoms with van der Waals surface area (Å²) in [5.41, 5.74) is 2.11. The van der Waals surface area contributed by atoms with Crippen LogP contribution in [0.4, 0.5) is 0 Å². The number of carbonyl (C=O) groups is 1. The molecule has 148 valence electrons. The third-order valence-corrected chi connectivity index (χ3v) is 5.38. The van der Waals surface area contributed by atoms with E-state index < -0.39 is 11.5 Å². The molecule has 4 aromatic heterocycles. The van der Waals surface area contributed by atoms with Gasteiger partial charge in [-0.15, -0.1) is 11.3 Å². The maximum absolute atomic E-state index is 12.7. The summed E-state index contributed by atoms with van der Waals surface area (Å²) in [7, 11) is 0. The standard InChI is InChI=1S/C21H14N4O4S/c26-17(28-10-13-11-30-20(24-13)15-6-3-4-8-22-15)9-25-12-23-18-14-5-1-2-7-16(14)29-19(18)21(25)27/h1-8,11-12H,9-10H2. The number of fused-ring (bicyclic) bond motifs is 3. The highest BCUT2D eigenvalue weighted by Gasteiger charge is 2.15. The molecule has 8 nitrogen and oxygen atoms in total. The molecule has 0 atom stereocenters. The quantitative estimate of drug-likeness (QED) is 0.403. The number of thiazole rings is 1. The molecule has 0 aliphatic carbocycles. The molecule has 0 bridgehead atoms. The lowest BCUT2D eigenvalue weighted by Gasteiger charge is -2.05. The number of aromatic nitrogens is 4. The van der Waals surface area contributed by atoms with Gasteiger partial charge in [0.05, 0.1) is 17.7 Å². The van der Waals surface area contributed by atoms with E-state index in [1.165, 1.54) is 22.2 Å². The fourth-order valence-corrected chi connectivity index (χ4v) is 3.83. The van der Waals surface area contributed by atoms with Crippen LogP contribution >= 0.6 is 11.3 Å². The topological polar surface area (TPSA) is 100 Å². The van der Waals surface area contributed by atoms with Crippen molar-refractivity contribution >= 4 is 39.4 Å². The van der Waals surface area contributed by atoms with Crippen molar-refractivity contribution in [3.05, 3.63) is 76.4 Å². The number of esters is 1. The normalized spacial score (nSPS) is 11.2. The Bertz CT molecular complexity index is 1420. The summed E-state index contributed by atoms with van der Waals surface area (Å²) in [5.74, 6) is -0.568. The van der Waals surface area contributed by atoms with E-state index >= 15 is 0 Å². The van der Waals surface area contributed by atoms with E-state index in [0.717, 1.165) is 16.1 Å². The molecule has 0 N–H and O–H groups in total. The molecule has 0 amide bonds. The lowest BCUT2D eigenvalue weighted by molar-refractivity contribution is -0.145. The Labute approximate surface area is 173 Å². The molecule has 0 aliphatic rings. The Morgan fingerprint density at radius 3 is 2.87 bits per heavy atom. The molecule has 30 heavy (non-hydrogen) atoms. The maximum Gasteiger partial charge on any atom is 0.326 e. The van der Waals surface area contributed by atoms with E-state index in [1.807, 2.05) is 41.8 Å². The summed E-state index contributed by atoms with van der Waals surface area (Å²) < 4.78 is 12.1. The van der Waals surface area contributed by atoms with Crippen LogP contribution < -0.4 is 5.56 Å². The summed E-state index contributed by atoms with van der Waals surface area (Å²) >= 11 is 1.42. The van der Waals surface area contributed by atoms with Crippen LogP contribution in [0.2, 0.25) is 0 Å². The van der Waals surface area contributed by atoms with Gasteiger partial charge in [0.1, 0.15) is 29.3 Å². The second-order valence-electron chi connectivity index (χ2n) is 6.47. The molecule has 0 fully saturated rings. The minimum absolute atomic E-state index is 0.0111. The van der Waals surface area contributed by atoms with Crippen LogP contribution in [0.1, 0.15) is 5.69 Å². The van der Waals surface area contributed by atoms with Gasteiger partial charge in [-0.2, -0.15) is 0 Å². The number of ether oxygens (including phenoxy) is 1. The van der Waals surface area contributed by atoms with Crippen LogP contribution in [0.5, 0.6) is 0 Å². The summed E-state index contributed by atoms with van der Waals surface area (Å²) in [6.45, 7) is -0.257. The molecule has 5 rings (SSSR count). The molecule has 0 aliphatic heterocycles. The summed E-state index contributed by atoms with van der Waals surface area (Å²) in [4.78, 5) is 37.9. The first kappa shape index (κ1) is 18.2. The van der Waals surface area contributed by atoms with Crippen molar-refractivity contribution in [1.29, 1.82) is 0 Å². The molecule has 0 unspecified atom stereocenters. The van der Waals surface area contributed by atoms with Gasteiger partial charge >= 0.3 is 5.97 Å². The van der Waals surface area contributed by atoms with Gasteiger partial charge in [0.15, 0.2) is 0 Å². The zero-order chi connectivity index (χ0) is 20.5. The Balaban J connectivity index is 1.29. The van der Waals surface area contributed by atoms with E-state index in [-0.39, 0.29) is 18.7 Å². The number of nitrogens with zero attached hydrogens (tertiary/aromatic N) is 4. The lowest BCUT2D eigenvalue weighted by Crippen LogP contribution is -2.25. The minimum Gasteiger partial charge on any atom is -0.458 e. The first-order chi connectivity index (χ1) is 14.7. The Hall–Kier alpha value is -3.85. The second-order valence-corrected chi connectivity index (χ2v) is 7.33. The Morgan fingerprint density at radius 2 is 2.00 bits per heavy atom. The van der Waals surface area contributed by atoms with Crippen LogP contribution in [0.25, 0.3) is 32.8 Å². The number of pyridine rings is 1. The smallest absolute Gasteiger partial charge is 0.326 e. The SMILES string of the molecule is O=C(Cn1cnc2c(oc3ccccc32)c1=O)OCc1csc(-c2ccccn2)n1. The van der Waals surface area contributed by atoms with Gasteiger partial charge in [0.25, 0.3) is 5.56 Å². The molecule has 5 aromatic rings. The zero-order valence-electron chi connectivity index (χ0n) is 15.5. The van der Waals surface area contributed by atoms with E-state index in [1.54, 1.807) is 12.3 Å². The number of carbonyl (C=O) groups excluding carboxylic acids is 1. The predicted octanol–water partition coefficient (Wildman–Crippen LogP) is 3.40. The molecule has 9 heteroatoms. The van der Waals surface area contributed by atoms with Crippen LogP contribution in [0, 0.1) is 0 Å². The number of hydrogen-bond acceptors (Lipinski definition) is 8. The van der Waals surface area contributed by atoms with E-state index in [2.05, 4.69) is 15.0 Å². The van der Waals surface area contributed by atoms with Gasteiger partial charge in [-0.25, -0.2) is 9.97 Å². The van der Waals surface area contributed by atoms with Gasteiger partial charge in [0, 0.05) is 17.0 Å². The highest BCUT2D eigenvalue weighted by molar-refractivity contribution is 7.13. The fourth-order valence-electron chi connectivity index (χ4n) is 3.05. The number of rotatable bonds is 5.